The van der Waals surface area contributed by atoms with Gasteiger partial charge in [-0.15, -0.1) is 0 Å². The maximum Gasteiger partial charge on any atom is 0.0447 e. The molecule has 1 aromatic rings. The Labute approximate surface area is 124 Å². The average molecular weight is 272 g/mol. The predicted molar refractivity (Wildman–Crippen MR) is 88.0 cm³/mol. The normalized spacial score (nSPS) is 21.8. The van der Waals surface area contributed by atoms with Crippen LogP contribution in [0.3, 0.4) is 0 Å². The van der Waals surface area contributed by atoms with Gasteiger partial charge >= 0.3 is 0 Å². The topological polar surface area (TPSA) is 6.48 Å². The number of anilines is 1. The molecular formula is C18H28N2. The van der Waals surface area contributed by atoms with Crippen LogP contribution in [0, 0.1) is 5.41 Å². The van der Waals surface area contributed by atoms with Gasteiger partial charge in [0.15, 0.2) is 0 Å². The van der Waals surface area contributed by atoms with Crippen molar-refractivity contribution in [1.29, 1.82) is 0 Å². The van der Waals surface area contributed by atoms with Gasteiger partial charge in [-0.1, -0.05) is 45.9 Å². The molecule has 0 N–H and O–H groups in total. The largest absolute Gasteiger partial charge is 0.382 e. The number of allylic oxidation sites excluding steroid dienone is 1. The third kappa shape index (κ3) is 2.02. The van der Waals surface area contributed by atoms with Crippen LogP contribution in [-0.4, -0.2) is 25.5 Å². The zero-order valence-corrected chi connectivity index (χ0v) is 14.0. The molecule has 110 valence electrons. The third-order valence-electron chi connectivity index (χ3n) is 5.06. The van der Waals surface area contributed by atoms with Gasteiger partial charge in [-0.3, -0.25) is 0 Å². The van der Waals surface area contributed by atoms with Gasteiger partial charge in [0.2, 0.25) is 0 Å². The van der Waals surface area contributed by atoms with Crippen LogP contribution in [-0.2, 0) is 5.41 Å². The van der Waals surface area contributed by atoms with Crippen molar-refractivity contribution in [2.24, 2.45) is 5.41 Å². The van der Waals surface area contributed by atoms with E-state index < -0.39 is 0 Å². The summed E-state index contributed by atoms with van der Waals surface area (Å²) < 4.78 is 0. The molecule has 2 nitrogen and oxygen atoms in total. The Kier molecular flexibility index (Phi) is 3.62. The first-order valence-electron chi connectivity index (χ1n) is 7.49. The summed E-state index contributed by atoms with van der Waals surface area (Å²) >= 11 is 0. The second kappa shape index (κ2) is 4.83. The number of hydrogen-bond donors (Lipinski definition) is 0. The molecule has 1 aromatic carbocycles. The Bertz CT molecular complexity index is 524. The Hall–Kier alpha value is -1.44. The van der Waals surface area contributed by atoms with Crippen molar-refractivity contribution in [3.63, 3.8) is 0 Å². The fourth-order valence-corrected chi connectivity index (χ4v) is 3.18. The van der Waals surface area contributed by atoms with E-state index in [9.17, 15) is 0 Å². The highest BCUT2D eigenvalue weighted by atomic mass is 15.2. The highest BCUT2D eigenvalue weighted by Crippen LogP contribution is 2.54. The SMILES string of the molecule is CCN1/C(=C\N(C)C)C(C)(C)C(C)(C)c2ccccc21. The van der Waals surface area contributed by atoms with Crippen LogP contribution >= 0.6 is 0 Å². The summed E-state index contributed by atoms with van der Waals surface area (Å²) in [5, 5.41) is 0. The van der Waals surface area contributed by atoms with Crippen molar-refractivity contribution in [1.82, 2.24) is 4.90 Å². The molecule has 1 heterocycles. The molecule has 2 heteroatoms. The van der Waals surface area contributed by atoms with Gasteiger partial charge in [0.25, 0.3) is 0 Å². The average Bonchev–Trinajstić information content (AvgIpc) is 2.37. The monoisotopic (exact) mass is 272 g/mol. The van der Waals surface area contributed by atoms with Gasteiger partial charge in [-0.2, -0.15) is 0 Å². The van der Waals surface area contributed by atoms with Crippen LogP contribution in [0.15, 0.2) is 36.2 Å². The lowest BCUT2D eigenvalue weighted by Crippen LogP contribution is -2.49. The van der Waals surface area contributed by atoms with Crippen LogP contribution in [0.1, 0.15) is 40.2 Å². The number of rotatable bonds is 2. The van der Waals surface area contributed by atoms with Gasteiger partial charge in [-0.25, -0.2) is 0 Å². The van der Waals surface area contributed by atoms with Crippen LogP contribution in [0.2, 0.25) is 0 Å². The van der Waals surface area contributed by atoms with E-state index in [2.05, 4.69) is 89.0 Å². The lowest BCUT2D eigenvalue weighted by atomic mass is 9.59. The fraction of sp³-hybridized carbons (Fsp3) is 0.556. The first-order chi connectivity index (χ1) is 9.23. The summed E-state index contributed by atoms with van der Waals surface area (Å²) in [4.78, 5) is 4.62. The zero-order valence-electron chi connectivity index (χ0n) is 14.0. The summed E-state index contributed by atoms with van der Waals surface area (Å²) in [6.07, 6.45) is 2.28. The summed E-state index contributed by atoms with van der Waals surface area (Å²) in [5.41, 5.74) is 4.39. The molecule has 0 atom stereocenters. The van der Waals surface area contributed by atoms with Crippen molar-refractivity contribution >= 4 is 5.69 Å². The standard InChI is InChI=1S/C18H28N2/c1-8-20-15-12-10-9-11-14(15)17(2,3)18(4,5)16(20)13-19(6)7/h9-13H,8H2,1-7H3/b16-13-. The summed E-state index contributed by atoms with van der Waals surface area (Å²) in [5.74, 6) is 0. The number of benzene rings is 1. The molecule has 0 bridgehead atoms. The second-order valence-electron chi connectivity index (χ2n) is 6.99. The van der Waals surface area contributed by atoms with E-state index in [0.717, 1.165) is 6.54 Å². The number of para-hydroxylation sites is 1. The minimum atomic E-state index is 0.0850. The minimum absolute atomic E-state index is 0.0850. The molecular weight excluding hydrogens is 244 g/mol. The van der Waals surface area contributed by atoms with Gasteiger partial charge in [0.05, 0.1) is 0 Å². The first-order valence-corrected chi connectivity index (χ1v) is 7.49. The summed E-state index contributed by atoms with van der Waals surface area (Å²) in [6.45, 7) is 12.7. The predicted octanol–water partition coefficient (Wildman–Crippen LogP) is 4.23. The van der Waals surface area contributed by atoms with Crippen molar-refractivity contribution in [2.45, 2.75) is 40.0 Å². The van der Waals surface area contributed by atoms with Gasteiger partial charge < -0.3 is 9.80 Å². The molecule has 0 radical (unpaired) electrons. The minimum Gasteiger partial charge on any atom is -0.382 e. The van der Waals surface area contributed by atoms with Crippen molar-refractivity contribution in [3.05, 3.63) is 41.7 Å². The maximum atomic E-state index is 2.46. The van der Waals surface area contributed by atoms with E-state index in [4.69, 9.17) is 0 Å². The third-order valence-corrected chi connectivity index (χ3v) is 5.06. The highest BCUT2D eigenvalue weighted by Gasteiger charge is 2.48. The second-order valence-corrected chi connectivity index (χ2v) is 6.99. The number of hydrogen-bond acceptors (Lipinski definition) is 2. The summed E-state index contributed by atoms with van der Waals surface area (Å²) in [7, 11) is 4.20. The van der Waals surface area contributed by atoms with Crippen molar-refractivity contribution < 1.29 is 0 Å². The van der Waals surface area contributed by atoms with E-state index in [-0.39, 0.29) is 10.8 Å². The van der Waals surface area contributed by atoms with Crippen LogP contribution in [0.5, 0.6) is 0 Å². The smallest absolute Gasteiger partial charge is 0.0447 e. The van der Waals surface area contributed by atoms with E-state index in [1.54, 1.807) is 0 Å². The Morgan fingerprint density at radius 1 is 1.05 bits per heavy atom. The van der Waals surface area contributed by atoms with Crippen LogP contribution in [0.4, 0.5) is 5.69 Å². The van der Waals surface area contributed by atoms with Crippen molar-refractivity contribution in [2.75, 3.05) is 25.5 Å². The molecule has 20 heavy (non-hydrogen) atoms. The quantitative estimate of drug-likeness (QED) is 0.795. The Morgan fingerprint density at radius 3 is 2.20 bits per heavy atom. The van der Waals surface area contributed by atoms with Crippen LogP contribution in [0.25, 0.3) is 0 Å². The molecule has 0 saturated carbocycles. The molecule has 0 amide bonds. The Balaban J connectivity index is 2.74. The lowest BCUT2D eigenvalue weighted by Gasteiger charge is -2.53. The van der Waals surface area contributed by atoms with Crippen molar-refractivity contribution in [3.8, 4) is 0 Å². The summed E-state index contributed by atoms with van der Waals surface area (Å²) in [6, 6.07) is 8.83. The maximum absolute atomic E-state index is 2.46. The molecule has 2 rings (SSSR count). The molecule has 1 aliphatic heterocycles. The number of nitrogens with zero attached hydrogens (tertiary/aromatic N) is 2. The van der Waals surface area contributed by atoms with Gasteiger partial charge in [0.1, 0.15) is 0 Å². The molecule has 0 saturated heterocycles. The molecule has 0 spiro atoms. The highest BCUT2D eigenvalue weighted by molar-refractivity contribution is 5.66. The first kappa shape index (κ1) is 15.0. The molecule has 0 fully saturated rings. The molecule has 0 unspecified atom stereocenters. The number of fused-ring (bicyclic) bond motifs is 1. The molecule has 0 aromatic heterocycles. The van der Waals surface area contributed by atoms with Gasteiger partial charge in [0, 0.05) is 49.1 Å². The zero-order chi connectivity index (χ0) is 15.1. The molecule has 0 aliphatic carbocycles. The van der Waals surface area contributed by atoms with E-state index in [0.29, 0.717) is 0 Å². The lowest BCUT2D eigenvalue weighted by molar-refractivity contribution is 0.228. The van der Waals surface area contributed by atoms with Crippen LogP contribution < -0.4 is 4.90 Å². The molecule has 1 aliphatic rings. The van der Waals surface area contributed by atoms with E-state index >= 15 is 0 Å². The Morgan fingerprint density at radius 2 is 1.65 bits per heavy atom. The van der Waals surface area contributed by atoms with E-state index in [1.807, 2.05) is 0 Å². The fourth-order valence-electron chi connectivity index (χ4n) is 3.18. The van der Waals surface area contributed by atoms with Gasteiger partial charge in [-0.05, 0) is 18.6 Å². The van der Waals surface area contributed by atoms with E-state index in [1.165, 1.54) is 16.9 Å².